The van der Waals surface area contributed by atoms with Crippen LogP contribution in [0.5, 0.6) is 5.75 Å². The molecule has 29 heavy (non-hydrogen) atoms. The quantitative estimate of drug-likeness (QED) is 0.473. The number of nitrogens with zero attached hydrogens (tertiary/aromatic N) is 2. The van der Waals surface area contributed by atoms with Crippen LogP contribution in [0.3, 0.4) is 0 Å². The number of fused-ring (bicyclic) bond motifs is 1. The van der Waals surface area contributed by atoms with Gasteiger partial charge in [0.05, 0.1) is 16.8 Å². The lowest BCUT2D eigenvalue weighted by Crippen LogP contribution is -2.42. The van der Waals surface area contributed by atoms with Crippen LogP contribution in [0, 0.1) is 0 Å². The van der Waals surface area contributed by atoms with E-state index in [1.165, 1.54) is 5.57 Å². The lowest BCUT2D eigenvalue weighted by atomic mass is 9.88. The summed E-state index contributed by atoms with van der Waals surface area (Å²) in [6, 6.07) is 11.2. The Morgan fingerprint density at radius 1 is 1.31 bits per heavy atom. The highest BCUT2D eigenvalue weighted by atomic mass is 79.9. The molecule has 1 N–H and O–H groups in total. The van der Waals surface area contributed by atoms with Gasteiger partial charge in [0.1, 0.15) is 5.75 Å². The molecule has 2 aromatic carbocycles. The molecule has 152 valence electrons. The van der Waals surface area contributed by atoms with Crippen LogP contribution < -0.4 is 15.1 Å². The summed E-state index contributed by atoms with van der Waals surface area (Å²) < 4.78 is 6.37. The number of nitrogens with one attached hydrogen (secondary N) is 1. The first-order valence-electron chi connectivity index (χ1n) is 9.15. The summed E-state index contributed by atoms with van der Waals surface area (Å²) in [5.74, 6) is 0.259. The molecule has 0 saturated heterocycles. The predicted octanol–water partition coefficient (Wildman–Crippen LogP) is 5.26. The molecule has 0 unspecified atom stereocenters. The average Bonchev–Trinajstić information content (AvgIpc) is 2.66. The van der Waals surface area contributed by atoms with Gasteiger partial charge in [-0.25, -0.2) is 5.43 Å². The topological polar surface area (TPSA) is 53.9 Å². The maximum Gasteiger partial charge on any atom is 0.277 e. The number of ether oxygens (including phenoxy) is 1. The Balaban J connectivity index is 1.66. The van der Waals surface area contributed by atoms with Crippen LogP contribution in [0.2, 0.25) is 5.02 Å². The van der Waals surface area contributed by atoms with Crippen LogP contribution in [0.4, 0.5) is 5.69 Å². The van der Waals surface area contributed by atoms with Crippen LogP contribution in [-0.2, 0) is 4.79 Å². The van der Waals surface area contributed by atoms with Gasteiger partial charge in [0.25, 0.3) is 5.91 Å². The minimum atomic E-state index is -0.351. The SMILES string of the molecule is CC1=CC(C)(C)N(C)c2cc(Cl)c(/C=N/NC(=O)COc3ccc(Br)cc3)cc21. The van der Waals surface area contributed by atoms with Crippen molar-refractivity contribution in [3.05, 3.63) is 63.1 Å². The molecule has 1 heterocycles. The number of carbonyl (C=O) groups is 1. The highest BCUT2D eigenvalue weighted by Gasteiger charge is 2.29. The summed E-state index contributed by atoms with van der Waals surface area (Å²) in [7, 11) is 2.05. The summed E-state index contributed by atoms with van der Waals surface area (Å²) in [6.07, 6.45) is 3.78. The molecule has 5 nitrogen and oxygen atoms in total. The smallest absolute Gasteiger partial charge is 0.277 e. The van der Waals surface area contributed by atoms with Crippen molar-refractivity contribution in [2.75, 3.05) is 18.6 Å². The van der Waals surface area contributed by atoms with Crippen molar-refractivity contribution in [2.24, 2.45) is 5.10 Å². The van der Waals surface area contributed by atoms with Gasteiger partial charge in [0, 0.05) is 28.3 Å². The first-order chi connectivity index (χ1) is 13.7. The molecule has 1 amide bonds. The van der Waals surface area contributed by atoms with Crippen molar-refractivity contribution >= 4 is 50.9 Å². The van der Waals surface area contributed by atoms with Crippen molar-refractivity contribution in [1.82, 2.24) is 5.43 Å². The lowest BCUT2D eigenvalue weighted by molar-refractivity contribution is -0.123. The highest BCUT2D eigenvalue weighted by molar-refractivity contribution is 9.10. The summed E-state index contributed by atoms with van der Waals surface area (Å²) in [5.41, 5.74) is 6.47. The normalized spacial score (nSPS) is 15.1. The molecule has 0 bridgehead atoms. The second kappa shape index (κ2) is 8.59. The fraction of sp³-hybridized carbons (Fsp3) is 0.273. The van der Waals surface area contributed by atoms with Crippen LogP contribution in [0.1, 0.15) is 31.9 Å². The minimum Gasteiger partial charge on any atom is -0.484 e. The third-order valence-corrected chi connectivity index (χ3v) is 5.77. The molecule has 0 spiro atoms. The molecule has 0 atom stereocenters. The molecule has 1 aliphatic rings. The van der Waals surface area contributed by atoms with Gasteiger partial charge in [-0.2, -0.15) is 5.10 Å². The molecule has 0 aromatic heterocycles. The van der Waals surface area contributed by atoms with Crippen LogP contribution in [-0.4, -0.2) is 31.3 Å². The lowest BCUT2D eigenvalue weighted by Gasteiger charge is -2.40. The fourth-order valence-corrected chi connectivity index (χ4v) is 3.64. The first kappa shape index (κ1) is 21.4. The van der Waals surface area contributed by atoms with E-state index in [1.54, 1.807) is 18.3 Å². The molecule has 0 aliphatic carbocycles. The number of amides is 1. The second-order valence-electron chi connectivity index (χ2n) is 7.47. The Labute approximate surface area is 184 Å². The van der Waals surface area contributed by atoms with E-state index in [9.17, 15) is 4.79 Å². The Morgan fingerprint density at radius 3 is 2.69 bits per heavy atom. The van der Waals surface area contributed by atoms with Gasteiger partial charge < -0.3 is 9.64 Å². The van der Waals surface area contributed by atoms with Gasteiger partial charge >= 0.3 is 0 Å². The highest BCUT2D eigenvalue weighted by Crippen LogP contribution is 2.40. The van der Waals surface area contributed by atoms with E-state index in [1.807, 2.05) is 24.3 Å². The summed E-state index contributed by atoms with van der Waals surface area (Å²) in [4.78, 5) is 14.1. The molecule has 1 aliphatic heterocycles. The summed E-state index contributed by atoms with van der Waals surface area (Å²) in [5, 5.41) is 4.60. The zero-order chi connectivity index (χ0) is 21.2. The van der Waals surface area contributed by atoms with Gasteiger partial charge in [0.2, 0.25) is 0 Å². The second-order valence-corrected chi connectivity index (χ2v) is 8.79. The predicted molar refractivity (Wildman–Crippen MR) is 123 cm³/mol. The van der Waals surface area contributed by atoms with E-state index in [0.29, 0.717) is 10.8 Å². The number of hydrazone groups is 1. The zero-order valence-electron chi connectivity index (χ0n) is 16.8. The van der Waals surface area contributed by atoms with Gasteiger partial charge in [0.15, 0.2) is 6.61 Å². The van der Waals surface area contributed by atoms with E-state index in [4.69, 9.17) is 16.3 Å². The molecule has 0 fully saturated rings. The van der Waals surface area contributed by atoms with Gasteiger partial charge in [-0.1, -0.05) is 33.6 Å². The Morgan fingerprint density at radius 2 is 2.00 bits per heavy atom. The van der Waals surface area contributed by atoms with Gasteiger partial charge in [-0.15, -0.1) is 0 Å². The molecular formula is C22H23BrClN3O2. The molecule has 7 heteroatoms. The molecular weight excluding hydrogens is 454 g/mol. The Kier molecular flexibility index (Phi) is 6.34. The number of likely N-dealkylation sites (N-methyl/N-ethyl adjacent to an activating group) is 1. The Hall–Kier alpha value is -2.31. The van der Waals surface area contributed by atoms with Gasteiger partial charge in [-0.05, 0) is 62.7 Å². The monoisotopic (exact) mass is 475 g/mol. The summed E-state index contributed by atoms with van der Waals surface area (Å²) in [6.45, 7) is 6.28. The van der Waals surface area contributed by atoms with Crippen molar-refractivity contribution in [1.29, 1.82) is 0 Å². The van der Waals surface area contributed by atoms with Crippen molar-refractivity contribution in [2.45, 2.75) is 26.3 Å². The third kappa shape index (κ3) is 5.00. The Bertz CT molecular complexity index is 984. The van der Waals surface area contributed by atoms with Crippen molar-refractivity contribution in [3.63, 3.8) is 0 Å². The van der Waals surface area contributed by atoms with E-state index < -0.39 is 0 Å². The van der Waals surface area contributed by atoms with E-state index in [0.717, 1.165) is 21.3 Å². The first-order valence-corrected chi connectivity index (χ1v) is 10.3. The largest absolute Gasteiger partial charge is 0.484 e. The van der Waals surface area contributed by atoms with Crippen molar-refractivity contribution in [3.8, 4) is 5.75 Å². The number of allylic oxidation sites excluding steroid dienone is 1. The number of anilines is 1. The fourth-order valence-electron chi connectivity index (χ4n) is 3.17. The number of benzene rings is 2. The van der Waals surface area contributed by atoms with E-state index in [2.05, 4.69) is 65.3 Å². The van der Waals surface area contributed by atoms with Crippen LogP contribution in [0.15, 0.2) is 52.0 Å². The number of rotatable bonds is 5. The van der Waals surface area contributed by atoms with Crippen LogP contribution in [0.25, 0.3) is 5.57 Å². The van der Waals surface area contributed by atoms with E-state index >= 15 is 0 Å². The standard InChI is InChI=1S/C22H23BrClN3O2/c1-14-11-22(2,3)27(4)20-10-19(24)15(9-18(14)20)12-25-26-21(28)13-29-17-7-5-16(23)6-8-17/h5-12H,13H2,1-4H3,(H,26,28)/b25-12+. The molecule has 0 saturated carbocycles. The van der Waals surface area contributed by atoms with Gasteiger partial charge in [-0.3, -0.25) is 4.79 Å². The maximum absolute atomic E-state index is 11.9. The zero-order valence-corrected chi connectivity index (χ0v) is 19.1. The molecule has 2 aromatic rings. The van der Waals surface area contributed by atoms with Crippen LogP contribution >= 0.6 is 27.5 Å². The number of carbonyl (C=O) groups excluding carboxylic acids is 1. The molecule has 3 rings (SSSR count). The minimum absolute atomic E-state index is 0.0845. The van der Waals surface area contributed by atoms with Crippen molar-refractivity contribution < 1.29 is 9.53 Å². The number of halogens is 2. The number of hydrogen-bond acceptors (Lipinski definition) is 4. The summed E-state index contributed by atoms with van der Waals surface area (Å²) >= 11 is 9.81. The number of hydrogen-bond donors (Lipinski definition) is 1. The molecule has 0 radical (unpaired) electrons. The average molecular weight is 477 g/mol. The maximum atomic E-state index is 11.9. The van der Waals surface area contributed by atoms with E-state index in [-0.39, 0.29) is 18.1 Å². The third-order valence-electron chi connectivity index (χ3n) is 4.91.